The number of halogens is 1. The minimum absolute atomic E-state index is 0.0649. The molecule has 3 rings (SSSR count). The number of carbonyl (C=O) groups excluding carboxylic acids is 1. The van der Waals surface area contributed by atoms with Gasteiger partial charge >= 0.3 is 5.97 Å². The van der Waals surface area contributed by atoms with Gasteiger partial charge in [0.15, 0.2) is 11.9 Å². The third-order valence-corrected chi connectivity index (χ3v) is 4.70. The fraction of sp³-hybridized carbons (Fsp3) is 0.118. The molecule has 0 fully saturated rings. The molecule has 0 radical (unpaired) electrons. The number of primary sulfonamides is 1. The number of aromatic nitrogens is 2. The molecule has 0 saturated carbocycles. The van der Waals surface area contributed by atoms with E-state index >= 15 is 0 Å². The second-order valence-electron chi connectivity index (χ2n) is 5.70. The van der Waals surface area contributed by atoms with Gasteiger partial charge in [-0.1, -0.05) is 12.1 Å². The van der Waals surface area contributed by atoms with Gasteiger partial charge < -0.3 is 9.72 Å². The third kappa shape index (κ3) is 3.86. The standard InChI is InChI=1S/C17H14FN3O5S/c1-9(15-20-14-5-3-2-4-11(14)16(22)21-15)26-17(23)12-8-10(27(19,24)25)6-7-13(12)18/h2-9H,1H3,(H2,19,24,25)(H,20,21,22)/t9-/m0/s1. The Balaban J connectivity index is 1.92. The highest BCUT2D eigenvalue weighted by molar-refractivity contribution is 7.89. The first-order chi connectivity index (χ1) is 12.7. The maximum absolute atomic E-state index is 13.9. The number of aromatic amines is 1. The number of nitrogens with zero attached hydrogens (tertiary/aromatic N) is 1. The summed E-state index contributed by atoms with van der Waals surface area (Å²) in [5.41, 5.74) is -0.612. The number of para-hydroxylation sites is 1. The number of fused-ring (bicyclic) bond motifs is 1. The molecule has 0 aliphatic heterocycles. The van der Waals surface area contributed by atoms with E-state index < -0.39 is 43.9 Å². The van der Waals surface area contributed by atoms with Crippen molar-refractivity contribution in [2.75, 3.05) is 0 Å². The molecule has 140 valence electrons. The highest BCUT2D eigenvalue weighted by atomic mass is 32.2. The summed E-state index contributed by atoms with van der Waals surface area (Å²) in [4.78, 5) is 30.6. The number of rotatable bonds is 4. The summed E-state index contributed by atoms with van der Waals surface area (Å²) in [5.74, 6) is -2.03. The van der Waals surface area contributed by atoms with E-state index in [0.717, 1.165) is 18.2 Å². The van der Waals surface area contributed by atoms with Crippen molar-refractivity contribution in [2.45, 2.75) is 17.9 Å². The molecule has 1 atom stereocenters. The molecule has 0 unspecified atom stereocenters. The lowest BCUT2D eigenvalue weighted by Crippen LogP contribution is -2.19. The van der Waals surface area contributed by atoms with Gasteiger partial charge in [-0.05, 0) is 37.3 Å². The van der Waals surface area contributed by atoms with Crippen molar-refractivity contribution < 1.29 is 22.3 Å². The number of benzene rings is 2. The van der Waals surface area contributed by atoms with Crippen LogP contribution >= 0.6 is 0 Å². The van der Waals surface area contributed by atoms with Crippen molar-refractivity contribution in [2.24, 2.45) is 5.14 Å². The molecule has 27 heavy (non-hydrogen) atoms. The first-order valence-corrected chi connectivity index (χ1v) is 9.24. The minimum atomic E-state index is -4.12. The van der Waals surface area contributed by atoms with Crippen LogP contribution in [-0.4, -0.2) is 24.4 Å². The van der Waals surface area contributed by atoms with E-state index in [1.54, 1.807) is 24.3 Å². The van der Waals surface area contributed by atoms with E-state index in [4.69, 9.17) is 9.88 Å². The summed E-state index contributed by atoms with van der Waals surface area (Å²) in [6.07, 6.45) is -1.02. The van der Waals surface area contributed by atoms with Crippen LogP contribution in [0.1, 0.15) is 29.2 Å². The average Bonchev–Trinajstić information content (AvgIpc) is 2.61. The van der Waals surface area contributed by atoms with Crippen LogP contribution in [-0.2, 0) is 14.8 Å². The molecule has 10 heteroatoms. The molecule has 0 bridgehead atoms. The second-order valence-corrected chi connectivity index (χ2v) is 7.26. The van der Waals surface area contributed by atoms with Crippen LogP contribution in [0.3, 0.4) is 0 Å². The first-order valence-electron chi connectivity index (χ1n) is 7.69. The number of sulfonamides is 1. The number of H-pyrrole nitrogens is 1. The molecule has 0 aliphatic carbocycles. The van der Waals surface area contributed by atoms with Gasteiger partial charge in [-0.2, -0.15) is 0 Å². The van der Waals surface area contributed by atoms with Crippen LogP contribution in [0, 0.1) is 5.82 Å². The van der Waals surface area contributed by atoms with Gasteiger partial charge in [0.1, 0.15) is 5.82 Å². The fourth-order valence-corrected chi connectivity index (χ4v) is 2.95. The van der Waals surface area contributed by atoms with Gasteiger partial charge in [-0.15, -0.1) is 0 Å². The Hall–Kier alpha value is -3.11. The molecule has 0 saturated heterocycles. The zero-order valence-electron chi connectivity index (χ0n) is 14.0. The topological polar surface area (TPSA) is 132 Å². The fourth-order valence-electron chi connectivity index (χ4n) is 2.41. The van der Waals surface area contributed by atoms with Gasteiger partial charge in [0.25, 0.3) is 5.56 Å². The lowest BCUT2D eigenvalue weighted by molar-refractivity contribution is 0.0314. The Morgan fingerprint density at radius 3 is 2.67 bits per heavy atom. The number of nitrogens with two attached hydrogens (primary N) is 1. The molecule has 8 nitrogen and oxygen atoms in total. The van der Waals surface area contributed by atoms with Crippen LogP contribution < -0.4 is 10.7 Å². The Morgan fingerprint density at radius 2 is 1.96 bits per heavy atom. The quantitative estimate of drug-likeness (QED) is 0.650. The van der Waals surface area contributed by atoms with Crippen LogP contribution in [0.4, 0.5) is 4.39 Å². The Morgan fingerprint density at radius 1 is 1.26 bits per heavy atom. The van der Waals surface area contributed by atoms with Crippen molar-refractivity contribution in [3.63, 3.8) is 0 Å². The van der Waals surface area contributed by atoms with E-state index in [1.165, 1.54) is 6.92 Å². The number of carbonyl (C=O) groups is 1. The van der Waals surface area contributed by atoms with Crippen LogP contribution in [0.25, 0.3) is 10.9 Å². The van der Waals surface area contributed by atoms with Gasteiger partial charge in [-0.25, -0.2) is 27.7 Å². The monoisotopic (exact) mass is 391 g/mol. The molecule has 1 heterocycles. The maximum Gasteiger partial charge on any atom is 0.341 e. The molecular formula is C17H14FN3O5S. The number of esters is 1. The second kappa shape index (κ2) is 6.89. The van der Waals surface area contributed by atoms with Gasteiger partial charge in [0.05, 0.1) is 21.4 Å². The lowest BCUT2D eigenvalue weighted by Gasteiger charge is -2.13. The van der Waals surface area contributed by atoms with E-state index in [1.807, 2.05) is 0 Å². The van der Waals surface area contributed by atoms with Gasteiger partial charge in [0.2, 0.25) is 10.0 Å². The van der Waals surface area contributed by atoms with Crippen molar-refractivity contribution in [1.82, 2.24) is 9.97 Å². The van der Waals surface area contributed by atoms with Crippen molar-refractivity contribution >= 4 is 26.9 Å². The maximum atomic E-state index is 13.9. The predicted octanol–water partition coefficient (Wildman–Crippen LogP) is 1.63. The average molecular weight is 391 g/mol. The van der Waals surface area contributed by atoms with Crippen LogP contribution in [0.15, 0.2) is 52.2 Å². The van der Waals surface area contributed by atoms with Crippen LogP contribution in [0.2, 0.25) is 0 Å². The van der Waals surface area contributed by atoms with Gasteiger partial charge in [-0.3, -0.25) is 4.79 Å². The Kier molecular flexibility index (Phi) is 4.77. The van der Waals surface area contributed by atoms with Crippen LogP contribution in [0.5, 0.6) is 0 Å². The van der Waals surface area contributed by atoms with E-state index in [2.05, 4.69) is 9.97 Å². The summed E-state index contributed by atoms with van der Waals surface area (Å²) in [6, 6.07) is 9.13. The largest absolute Gasteiger partial charge is 0.451 e. The molecular weight excluding hydrogens is 377 g/mol. The number of ether oxygens (including phenoxy) is 1. The minimum Gasteiger partial charge on any atom is -0.451 e. The normalized spacial score (nSPS) is 12.7. The Labute approximate surface area is 152 Å². The van der Waals surface area contributed by atoms with Crippen molar-refractivity contribution in [1.29, 1.82) is 0 Å². The molecule has 1 aromatic heterocycles. The van der Waals surface area contributed by atoms with Crippen molar-refractivity contribution in [3.05, 3.63) is 70.0 Å². The number of nitrogens with one attached hydrogen (secondary N) is 1. The van der Waals surface area contributed by atoms with Crippen molar-refractivity contribution in [3.8, 4) is 0 Å². The van der Waals surface area contributed by atoms with E-state index in [9.17, 15) is 22.4 Å². The summed E-state index contributed by atoms with van der Waals surface area (Å²) in [6.45, 7) is 1.44. The molecule has 0 spiro atoms. The number of hydrogen-bond donors (Lipinski definition) is 2. The van der Waals surface area contributed by atoms with E-state index in [-0.39, 0.29) is 5.82 Å². The molecule has 3 aromatic rings. The summed E-state index contributed by atoms with van der Waals surface area (Å²) in [5, 5.41) is 5.35. The summed E-state index contributed by atoms with van der Waals surface area (Å²) in [7, 11) is -4.12. The summed E-state index contributed by atoms with van der Waals surface area (Å²) >= 11 is 0. The smallest absolute Gasteiger partial charge is 0.341 e. The molecule has 3 N–H and O–H groups in total. The van der Waals surface area contributed by atoms with E-state index in [0.29, 0.717) is 10.9 Å². The third-order valence-electron chi connectivity index (χ3n) is 3.79. The molecule has 0 amide bonds. The summed E-state index contributed by atoms with van der Waals surface area (Å²) < 4.78 is 41.8. The number of hydrogen-bond acceptors (Lipinski definition) is 6. The lowest BCUT2D eigenvalue weighted by atomic mass is 10.2. The van der Waals surface area contributed by atoms with Gasteiger partial charge in [0, 0.05) is 0 Å². The zero-order chi connectivity index (χ0) is 19.8. The molecule has 2 aromatic carbocycles. The highest BCUT2D eigenvalue weighted by Gasteiger charge is 2.21. The Bertz CT molecular complexity index is 1210. The first kappa shape index (κ1) is 18.7. The zero-order valence-corrected chi connectivity index (χ0v) is 14.8. The SMILES string of the molecule is C[C@H](OC(=O)c1cc(S(N)(=O)=O)ccc1F)c1nc2ccccc2c(=O)[nH]1. The molecule has 0 aliphatic rings. The predicted molar refractivity (Wildman–Crippen MR) is 94.0 cm³/mol. The highest BCUT2D eigenvalue weighted by Crippen LogP contribution is 2.20.